The van der Waals surface area contributed by atoms with Gasteiger partial charge in [-0.05, 0) is 49.4 Å². The highest BCUT2D eigenvalue weighted by Crippen LogP contribution is 2.28. The van der Waals surface area contributed by atoms with Gasteiger partial charge in [0, 0.05) is 28.6 Å². The molecule has 2 N–H and O–H groups in total. The molecule has 0 unspecified atom stereocenters. The SMILES string of the molecule is CC(C)CCNC(=O)Cc1csc(NC(=O)CN(C(=O)c2ccc(Cl)cc2)C2CC2)n1. The summed E-state index contributed by atoms with van der Waals surface area (Å²) in [7, 11) is 0. The quantitative estimate of drug-likeness (QED) is 0.562. The number of halogens is 1. The van der Waals surface area contributed by atoms with Crippen LogP contribution < -0.4 is 10.6 Å². The summed E-state index contributed by atoms with van der Waals surface area (Å²) in [4.78, 5) is 43.3. The van der Waals surface area contributed by atoms with Crippen LogP contribution in [0.15, 0.2) is 29.6 Å². The molecular formula is C22H27ClN4O3S. The lowest BCUT2D eigenvalue weighted by molar-refractivity contribution is -0.120. The van der Waals surface area contributed by atoms with Gasteiger partial charge in [0.05, 0.1) is 12.1 Å². The van der Waals surface area contributed by atoms with Crippen LogP contribution in [0.1, 0.15) is 49.2 Å². The van der Waals surface area contributed by atoms with Crippen LogP contribution >= 0.6 is 22.9 Å². The number of aromatic nitrogens is 1. The molecule has 0 bridgehead atoms. The molecule has 0 radical (unpaired) electrons. The van der Waals surface area contributed by atoms with E-state index in [9.17, 15) is 14.4 Å². The van der Waals surface area contributed by atoms with Crippen molar-refractivity contribution in [2.45, 2.75) is 45.6 Å². The van der Waals surface area contributed by atoms with Crippen LogP contribution in [0.5, 0.6) is 0 Å². The van der Waals surface area contributed by atoms with E-state index in [0.717, 1.165) is 19.3 Å². The number of nitrogens with zero attached hydrogens (tertiary/aromatic N) is 2. The first-order chi connectivity index (χ1) is 14.8. The largest absolute Gasteiger partial charge is 0.356 e. The monoisotopic (exact) mass is 462 g/mol. The lowest BCUT2D eigenvalue weighted by Gasteiger charge is -2.21. The summed E-state index contributed by atoms with van der Waals surface area (Å²) in [5, 5.41) is 8.36. The zero-order chi connectivity index (χ0) is 22.4. The molecule has 3 rings (SSSR count). The number of carbonyl (C=O) groups excluding carboxylic acids is 3. The van der Waals surface area contributed by atoms with Crippen LogP contribution in [0.2, 0.25) is 5.02 Å². The average Bonchev–Trinajstić information content (AvgIpc) is 3.47. The van der Waals surface area contributed by atoms with Gasteiger partial charge in [0.15, 0.2) is 5.13 Å². The van der Waals surface area contributed by atoms with Crippen LogP contribution in [0, 0.1) is 5.92 Å². The number of carbonyl (C=O) groups is 3. The molecule has 1 fully saturated rings. The van der Waals surface area contributed by atoms with Gasteiger partial charge in [0.1, 0.15) is 6.54 Å². The molecule has 1 aromatic heterocycles. The number of amides is 3. The van der Waals surface area contributed by atoms with E-state index < -0.39 is 0 Å². The topological polar surface area (TPSA) is 91.4 Å². The average molecular weight is 463 g/mol. The van der Waals surface area contributed by atoms with Gasteiger partial charge in [-0.25, -0.2) is 4.98 Å². The minimum atomic E-state index is -0.309. The smallest absolute Gasteiger partial charge is 0.254 e. The predicted octanol–water partition coefficient (Wildman–Crippen LogP) is 3.74. The van der Waals surface area contributed by atoms with Crippen LogP contribution in [-0.2, 0) is 16.0 Å². The van der Waals surface area contributed by atoms with Crippen LogP contribution in [0.4, 0.5) is 5.13 Å². The van der Waals surface area contributed by atoms with Gasteiger partial charge < -0.3 is 15.5 Å². The Labute approximate surface area is 191 Å². The first-order valence-corrected chi connectivity index (χ1v) is 11.6. The van der Waals surface area contributed by atoms with Crippen molar-refractivity contribution in [2.24, 2.45) is 5.92 Å². The fourth-order valence-corrected chi connectivity index (χ4v) is 3.85. The Bertz CT molecular complexity index is 925. The molecule has 0 spiro atoms. The third kappa shape index (κ3) is 7.33. The molecule has 166 valence electrons. The molecule has 9 heteroatoms. The second-order valence-electron chi connectivity index (χ2n) is 8.07. The molecule has 0 atom stereocenters. The van der Waals surface area contributed by atoms with E-state index in [1.54, 1.807) is 34.5 Å². The number of hydrogen-bond acceptors (Lipinski definition) is 5. The first-order valence-electron chi connectivity index (χ1n) is 10.4. The van der Waals surface area contributed by atoms with Crippen molar-refractivity contribution >= 4 is 45.8 Å². The van der Waals surface area contributed by atoms with Crippen molar-refractivity contribution in [2.75, 3.05) is 18.4 Å². The van der Waals surface area contributed by atoms with Gasteiger partial charge in [-0.1, -0.05) is 25.4 Å². The first kappa shape index (κ1) is 23.2. The zero-order valence-electron chi connectivity index (χ0n) is 17.7. The predicted molar refractivity (Wildman–Crippen MR) is 122 cm³/mol. The van der Waals surface area contributed by atoms with Crippen molar-refractivity contribution in [1.82, 2.24) is 15.2 Å². The van der Waals surface area contributed by atoms with Crippen LogP contribution in [0.25, 0.3) is 0 Å². The van der Waals surface area contributed by atoms with Crippen molar-refractivity contribution in [1.29, 1.82) is 0 Å². The van der Waals surface area contributed by atoms with E-state index in [1.807, 2.05) is 0 Å². The minimum absolute atomic E-state index is 0.0449. The number of rotatable bonds is 10. The summed E-state index contributed by atoms with van der Waals surface area (Å²) in [6.07, 6.45) is 2.88. The standard InChI is InChI=1S/C22H27ClN4O3S/c1-14(2)9-10-24-19(28)11-17-13-31-22(25-17)26-20(29)12-27(18-7-8-18)21(30)15-3-5-16(23)6-4-15/h3-6,13-14,18H,7-12H2,1-2H3,(H,24,28)(H,25,26,29). The second-order valence-corrected chi connectivity index (χ2v) is 9.37. The summed E-state index contributed by atoms with van der Waals surface area (Å²) in [5.41, 5.74) is 1.11. The van der Waals surface area contributed by atoms with Gasteiger partial charge in [0.2, 0.25) is 11.8 Å². The third-order valence-electron chi connectivity index (χ3n) is 4.84. The maximum atomic E-state index is 12.8. The number of benzene rings is 1. The van der Waals surface area contributed by atoms with Gasteiger partial charge in [-0.3, -0.25) is 14.4 Å². The Hall–Kier alpha value is -2.45. The molecule has 1 aliphatic carbocycles. The summed E-state index contributed by atoms with van der Waals surface area (Å²) >= 11 is 7.16. The summed E-state index contributed by atoms with van der Waals surface area (Å²) in [5.74, 6) is -0.0517. The van der Waals surface area contributed by atoms with Gasteiger partial charge in [-0.15, -0.1) is 11.3 Å². The van der Waals surface area contributed by atoms with E-state index in [-0.39, 0.29) is 36.7 Å². The fourth-order valence-electron chi connectivity index (χ4n) is 3.00. The highest BCUT2D eigenvalue weighted by Gasteiger charge is 2.34. The van der Waals surface area contributed by atoms with Crippen molar-refractivity contribution < 1.29 is 14.4 Å². The van der Waals surface area contributed by atoms with Crippen LogP contribution in [-0.4, -0.2) is 46.7 Å². The lowest BCUT2D eigenvalue weighted by atomic mass is 10.1. The number of anilines is 1. The maximum absolute atomic E-state index is 12.8. The zero-order valence-corrected chi connectivity index (χ0v) is 19.3. The molecule has 1 heterocycles. The highest BCUT2D eigenvalue weighted by molar-refractivity contribution is 7.13. The second kappa shape index (κ2) is 10.7. The number of thiazole rings is 1. The van der Waals surface area contributed by atoms with Crippen LogP contribution in [0.3, 0.4) is 0 Å². The highest BCUT2D eigenvalue weighted by atomic mass is 35.5. The molecule has 0 aliphatic heterocycles. The van der Waals surface area contributed by atoms with E-state index in [4.69, 9.17) is 11.6 Å². The Morgan fingerprint density at radius 2 is 1.90 bits per heavy atom. The van der Waals surface area contributed by atoms with Crippen molar-refractivity contribution in [3.63, 3.8) is 0 Å². The molecule has 1 saturated carbocycles. The Balaban J connectivity index is 1.52. The third-order valence-corrected chi connectivity index (χ3v) is 5.90. The van der Waals surface area contributed by atoms with Gasteiger partial charge in [0.25, 0.3) is 5.91 Å². The summed E-state index contributed by atoms with van der Waals surface area (Å²) in [6.45, 7) is 4.81. The van der Waals surface area contributed by atoms with E-state index in [0.29, 0.717) is 33.9 Å². The molecule has 3 amide bonds. The number of nitrogens with one attached hydrogen (secondary N) is 2. The van der Waals surface area contributed by atoms with Gasteiger partial charge >= 0.3 is 0 Å². The molecular weight excluding hydrogens is 436 g/mol. The lowest BCUT2D eigenvalue weighted by Crippen LogP contribution is -2.39. The Kier molecular flexibility index (Phi) is 8.03. The van der Waals surface area contributed by atoms with E-state index in [2.05, 4.69) is 29.5 Å². The van der Waals surface area contributed by atoms with Crippen molar-refractivity contribution in [3.05, 3.63) is 45.9 Å². The molecule has 1 aliphatic rings. The summed E-state index contributed by atoms with van der Waals surface area (Å²) < 4.78 is 0. The summed E-state index contributed by atoms with van der Waals surface area (Å²) in [6, 6.07) is 6.73. The maximum Gasteiger partial charge on any atom is 0.254 e. The molecule has 31 heavy (non-hydrogen) atoms. The van der Waals surface area contributed by atoms with E-state index in [1.165, 1.54) is 11.3 Å². The number of hydrogen-bond donors (Lipinski definition) is 2. The van der Waals surface area contributed by atoms with Gasteiger partial charge in [-0.2, -0.15) is 0 Å². The molecule has 2 aromatic rings. The van der Waals surface area contributed by atoms with Crippen molar-refractivity contribution in [3.8, 4) is 0 Å². The molecule has 7 nitrogen and oxygen atoms in total. The normalized spacial score (nSPS) is 13.2. The Morgan fingerprint density at radius 3 is 2.55 bits per heavy atom. The fraction of sp³-hybridized carbons (Fsp3) is 0.455. The molecule has 0 saturated heterocycles. The minimum Gasteiger partial charge on any atom is -0.356 e. The van der Waals surface area contributed by atoms with E-state index >= 15 is 0 Å². The molecule has 1 aromatic carbocycles. The Morgan fingerprint density at radius 1 is 1.19 bits per heavy atom.